The number of ketones is 1. The average Bonchev–Trinajstić information content (AvgIpc) is 3.55. The Hall–Kier alpha value is -2.37. The monoisotopic (exact) mass is 445 g/mol. The molecule has 2 saturated carbocycles. The van der Waals surface area contributed by atoms with Gasteiger partial charge in [-0.1, -0.05) is 43.3 Å². The molecular weight excluding hydrogens is 414 g/mol. The molecule has 5 heteroatoms. The number of ether oxygens (including phenoxy) is 2. The molecule has 1 saturated heterocycles. The standard InChI is InChI=1S/C28H31NO4/c1-17-14-28(31)22-13-20-9-10-21(32-16-19-5-3-2-4-6-19)25-23(20)27(28,26(33-25)24(17)30)11-12-29(22)15-18-7-8-18/h2-6,9-10,17-18,22,26,31H,7-8,11-16H2,1H3/t17?,22-,26?,27+,28-/m1/s1. The highest BCUT2D eigenvalue weighted by Gasteiger charge is 2.74. The third-order valence-electron chi connectivity index (χ3n) is 9.10. The maximum absolute atomic E-state index is 13.5. The summed E-state index contributed by atoms with van der Waals surface area (Å²) in [5, 5.41) is 12.5. The van der Waals surface area contributed by atoms with Crippen LogP contribution >= 0.6 is 0 Å². The van der Waals surface area contributed by atoms with Crippen molar-refractivity contribution in [2.24, 2.45) is 11.8 Å². The summed E-state index contributed by atoms with van der Waals surface area (Å²) in [5.41, 5.74) is 1.76. The molecule has 0 radical (unpaired) electrons. The second-order valence-corrected chi connectivity index (χ2v) is 11.0. The van der Waals surface area contributed by atoms with Crippen LogP contribution in [0.15, 0.2) is 42.5 Å². The number of hydrogen-bond acceptors (Lipinski definition) is 5. The van der Waals surface area contributed by atoms with Gasteiger partial charge in [0.1, 0.15) is 6.61 Å². The summed E-state index contributed by atoms with van der Waals surface area (Å²) in [6.07, 6.45) is 4.08. The van der Waals surface area contributed by atoms with E-state index in [1.807, 2.05) is 43.3 Å². The highest BCUT2D eigenvalue weighted by Crippen LogP contribution is 2.65. The minimum absolute atomic E-state index is 0.0445. The number of benzene rings is 2. The van der Waals surface area contributed by atoms with E-state index in [1.54, 1.807) is 0 Å². The second-order valence-electron chi connectivity index (χ2n) is 11.0. The Balaban J connectivity index is 1.33. The first-order valence-corrected chi connectivity index (χ1v) is 12.5. The highest BCUT2D eigenvalue weighted by molar-refractivity contribution is 5.91. The van der Waals surface area contributed by atoms with Gasteiger partial charge in [0.2, 0.25) is 0 Å². The quantitative estimate of drug-likeness (QED) is 0.762. The Labute approximate surface area is 194 Å². The fraction of sp³-hybridized carbons (Fsp3) is 0.536. The van der Waals surface area contributed by atoms with E-state index < -0.39 is 17.1 Å². The van der Waals surface area contributed by atoms with Gasteiger partial charge in [0.05, 0.1) is 11.0 Å². The Morgan fingerprint density at radius 3 is 2.79 bits per heavy atom. The number of nitrogens with zero attached hydrogens (tertiary/aromatic N) is 1. The van der Waals surface area contributed by atoms with Gasteiger partial charge >= 0.3 is 0 Å². The molecule has 1 N–H and O–H groups in total. The van der Waals surface area contributed by atoms with Crippen molar-refractivity contribution in [3.8, 4) is 11.5 Å². The molecule has 3 fully saturated rings. The minimum atomic E-state index is -0.950. The molecule has 2 aromatic rings. The Morgan fingerprint density at radius 2 is 2.00 bits per heavy atom. The van der Waals surface area contributed by atoms with Gasteiger partial charge in [0.25, 0.3) is 0 Å². The fourth-order valence-electron chi connectivity index (χ4n) is 7.37. The molecule has 3 aliphatic carbocycles. The van der Waals surface area contributed by atoms with Crippen molar-refractivity contribution in [3.05, 3.63) is 59.2 Å². The molecule has 5 nitrogen and oxygen atoms in total. The fourth-order valence-corrected chi connectivity index (χ4v) is 7.37. The first-order valence-electron chi connectivity index (χ1n) is 12.5. The van der Waals surface area contributed by atoms with Crippen LogP contribution in [0.2, 0.25) is 0 Å². The van der Waals surface area contributed by atoms with Crippen molar-refractivity contribution in [2.75, 3.05) is 13.1 Å². The molecule has 7 rings (SSSR count). The van der Waals surface area contributed by atoms with Crippen LogP contribution < -0.4 is 9.47 Å². The van der Waals surface area contributed by atoms with Crippen LogP contribution in [0.4, 0.5) is 0 Å². The molecule has 2 aliphatic heterocycles. The van der Waals surface area contributed by atoms with E-state index >= 15 is 0 Å². The molecular formula is C28H31NO4. The van der Waals surface area contributed by atoms with E-state index in [9.17, 15) is 9.90 Å². The highest BCUT2D eigenvalue weighted by atomic mass is 16.5. The molecule has 5 aliphatic rings. The summed E-state index contributed by atoms with van der Waals surface area (Å²) in [4.78, 5) is 16.0. The second kappa shape index (κ2) is 6.83. The Kier molecular flexibility index (Phi) is 4.15. The number of carbonyl (C=O) groups is 1. The predicted octanol–water partition coefficient (Wildman–Crippen LogP) is 3.64. The molecule has 0 aromatic heterocycles. The molecule has 0 amide bonds. The lowest BCUT2D eigenvalue weighted by Gasteiger charge is -2.63. The molecule has 172 valence electrons. The number of Topliss-reactive ketones (excluding diaryl/α,β-unsaturated/α-hetero) is 1. The van der Waals surface area contributed by atoms with Gasteiger partial charge in [-0.25, -0.2) is 0 Å². The van der Waals surface area contributed by atoms with Gasteiger partial charge in [-0.15, -0.1) is 0 Å². The van der Waals surface area contributed by atoms with E-state index in [1.165, 1.54) is 18.4 Å². The van der Waals surface area contributed by atoms with Crippen molar-refractivity contribution < 1.29 is 19.4 Å². The van der Waals surface area contributed by atoms with Gasteiger partial charge in [0, 0.05) is 24.1 Å². The van der Waals surface area contributed by atoms with Crippen molar-refractivity contribution in [1.82, 2.24) is 4.90 Å². The lowest BCUT2D eigenvalue weighted by Crippen LogP contribution is -2.77. The summed E-state index contributed by atoms with van der Waals surface area (Å²) in [6, 6.07) is 14.3. The zero-order valence-electron chi connectivity index (χ0n) is 19.1. The number of likely N-dealkylation sites (tertiary alicyclic amines) is 1. The topological polar surface area (TPSA) is 59.0 Å². The summed E-state index contributed by atoms with van der Waals surface area (Å²) < 4.78 is 12.8. The van der Waals surface area contributed by atoms with E-state index in [2.05, 4.69) is 11.0 Å². The first kappa shape index (κ1) is 20.0. The minimum Gasteiger partial charge on any atom is -0.485 e. The summed E-state index contributed by atoms with van der Waals surface area (Å²) in [5.74, 6) is 2.08. The number of aliphatic hydroxyl groups is 1. The number of hydrogen-bond donors (Lipinski definition) is 1. The first-order chi connectivity index (χ1) is 16.0. The summed E-state index contributed by atoms with van der Waals surface area (Å²) >= 11 is 0. The van der Waals surface area contributed by atoms with Crippen LogP contribution in [-0.4, -0.2) is 46.6 Å². The normalized spacial score (nSPS) is 36.3. The maximum atomic E-state index is 13.5. The number of carbonyl (C=O) groups excluding carboxylic acids is 1. The van der Waals surface area contributed by atoms with Gasteiger partial charge in [-0.05, 0) is 61.8 Å². The average molecular weight is 446 g/mol. The van der Waals surface area contributed by atoms with Gasteiger partial charge in [-0.3, -0.25) is 9.69 Å². The van der Waals surface area contributed by atoms with Crippen LogP contribution in [0, 0.1) is 11.8 Å². The molecule has 2 aromatic carbocycles. The molecule has 2 heterocycles. The van der Waals surface area contributed by atoms with Crippen molar-refractivity contribution in [3.63, 3.8) is 0 Å². The van der Waals surface area contributed by atoms with Gasteiger partial charge in [-0.2, -0.15) is 0 Å². The summed E-state index contributed by atoms with van der Waals surface area (Å²) in [7, 11) is 0. The van der Waals surface area contributed by atoms with Crippen LogP contribution in [-0.2, 0) is 23.2 Å². The Bertz CT molecular complexity index is 1130. The molecule has 5 atom stereocenters. The van der Waals surface area contributed by atoms with E-state index in [0.717, 1.165) is 43.0 Å². The third-order valence-corrected chi connectivity index (χ3v) is 9.10. The number of piperidine rings is 1. The maximum Gasteiger partial charge on any atom is 0.177 e. The van der Waals surface area contributed by atoms with Crippen molar-refractivity contribution >= 4 is 5.78 Å². The lowest BCUT2D eigenvalue weighted by molar-refractivity contribution is -0.196. The lowest BCUT2D eigenvalue weighted by atomic mass is 9.47. The van der Waals surface area contributed by atoms with Crippen LogP contribution in [0.5, 0.6) is 11.5 Å². The zero-order valence-corrected chi connectivity index (χ0v) is 19.1. The summed E-state index contributed by atoms with van der Waals surface area (Å²) in [6.45, 7) is 4.39. The largest absolute Gasteiger partial charge is 0.485 e. The van der Waals surface area contributed by atoms with Crippen molar-refractivity contribution in [2.45, 2.75) is 68.8 Å². The zero-order chi connectivity index (χ0) is 22.4. The third kappa shape index (κ3) is 2.64. The molecule has 1 spiro atoms. The van der Waals surface area contributed by atoms with E-state index in [4.69, 9.17) is 9.47 Å². The Morgan fingerprint density at radius 1 is 1.18 bits per heavy atom. The van der Waals surface area contributed by atoms with E-state index in [-0.39, 0.29) is 17.7 Å². The smallest absolute Gasteiger partial charge is 0.177 e. The van der Waals surface area contributed by atoms with E-state index in [0.29, 0.717) is 24.5 Å². The SMILES string of the molecule is CC1C[C@@]2(O)[C@H]3Cc4ccc(OCc5ccccc5)c5c4[C@@]2(CCN3CC2CC2)C(O5)C1=O. The van der Waals surface area contributed by atoms with Crippen molar-refractivity contribution in [1.29, 1.82) is 0 Å². The molecule has 33 heavy (non-hydrogen) atoms. The van der Waals surface area contributed by atoms with Gasteiger partial charge < -0.3 is 14.6 Å². The van der Waals surface area contributed by atoms with Crippen LogP contribution in [0.25, 0.3) is 0 Å². The van der Waals surface area contributed by atoms with Gasteiger partial charge in [0.15, 0.2) is 23.4 Å². The molecule has 2 bridgehead atoms. The van der Waals surface area contributed by atoms with Crippen LogP contribution in [0.1, 0.15) is 49.3 Å². The molecule has 2 unspecified atom stereocenters. The predicted molar refractivity (Wildman–Crippen MR) is 123 cm³/mol. The van der Waals surface area contributed by atoms with Crippen LogP contribution in [0.3, 0.4) is 0 Å². The number of rotatable bonds is 5.